The maximum absolute atomic E-state index is 11.9. The van der Waals surface area contributed by atoms with E-state index in [1.54, 1.807) is 7.11 Å². The zero-order valence-electron chi connectivity index (χ0n) is 12.1. The van der Waals surface area contributed by atoms with Gasteiger partial charge < -0.3 is 10.1 Å². The van der Waals surface area contributed by atoms with E-state index in [1.165, 1.54) is 11.3 Å². The number of carbonyl (C=O) groups excluding carboxylic acids is 1. The van der Waals surface area contributed by atoms with Crippen molar-refractivity contribution in [1.29, 1.82) is 0 Å². The van der Waals surface area contributed by atoms with E-state index in [2.05, 4.69) is 26.2 Å². The first-order valence-electron chi connectivity index (χ1n) is 6.65. The summed E-state index contributed by atoms with van der Waals surface area (Å²) in [7, 11) is 1.63. The number of hydrogen-bond donors (Lipinski definition) is 1. The maximum Gasteiger partial charge on any atom is 0.228 e. The van der Waals surface area contributed by atoms with Gasteiger partial charge in [0, 0.05) is 16.9 Å². The van der Waals surface area contributed by atoms with Gasteiger partial charge in [0.05, 0.1) is 17.3 Å². The summed E-state index contributed by atoms with van der Waals surface area (Å²) in [6.07, 6.45) is 0.815. The lowest BCUT2D eigenvalue weighted by molar-refractivity contribution is -0.119. The van der Waals surface area contributed by atoms with Crippen LogP contribution in [0.4, 0.5) is 5.13 Å². The molecule has 0 saturated carbocycles. The average Bonchev–Trinajstić information content (AvgIpc) is 2.94. The molecule has 4 nitrogen and oxygen atoms in total. The van der Waals surface area contributed by atoms with Crippen LogP contribution in [0.25, 0.3) is 11.3 Å². The van der Waals surface area contributed by atoms with Crippen molar-refractivity contribution in [3.63, 3.8) is 0 Å². The van der Waals surface area contributed by atoms with Gasteiger partial charge in [-0.15, -0.1) is 11.3 Å². The molecular weight excluding hydrogens is 352 g/mol. The number of carbonyl (C=O) groups is 1. The molecule has 112 valence electrons. The van der Waals surface area contributed by atoms with Gasteiger partial charge in [-0.2, -0.15) is 0 Å². The van der Waals surface area contributed by atoms with Crippen LogP contribution in [-0.2, 0) is 4.79 Å². The number of halogens is 1. The Hall–Kier alpha value is -1.40. The minimum Gasteiger partial charge on any atom is -0.496 e. The number of anilines is 1. The standard InChI is InChI=1S/C15H17BrN2O2S/c1-4-9(2)14(19)18-15-17-12(8-21-15)10-5-6-13(20-3)11(16)7-10/h5-9H,4H2,1-3H3,(H,17,18,19)/t9-/m0/s1. The largest absolute Gasteiger partial charge is 0.496 e. The Labute approximate surface area is 136 Å². The van der Waals surface area contributed by atoms with Crippen molar-refractivity contribution in [2.24, 2.45) is 5.92 Å². The summed E-state index contributed by atoms with van der Waals surface area (Å²) in [4.78, 5) is 16.3. The van der Waals surface area contributed by atoms with E-state index in [4.69, 9.17) is 4.74 Å². The van der Waals surface area contributed by atoms with E-state index in [-0.39, 0.29) is 11.8 Å². The molecule has 1 heterocycles. The normalized spacial score (nSPS) is 12.0. The Bertz CT molecular complexity index is 642. The van der Waals surface area contributed by atoms with Crippen LogP contribution in [0.5, 0.6) is 5.75 Å². The summed E-state index contributed by atoms with van der Waals surface area (Å²) in [5.74, 6) is 0.779. The van der Waals surface area contributed by atoms with Crippen molar-refractivity contribution in [1.82, 2.24) is 4.98 Å². The van der Waals surface area contributed by atoms with Gasteiger partial charge in [-0.1, -0.05) is 13.8 Å². The van der Waals surface area contributed by atoms with Crippen LogP contribution in [0, 0.1) is 5.92 Å². The summed E-state index contributed by atoms with van der Waals surface area (Å²) in [6, 6.07) is 5.78. The first-order valence-corrected chi connectivity index (χ1v) is 8.32. The number of aromatic nitrogens is 1. The summed E-state index contributed by atoms with van der Waals surface area (Å²) in [6.45, 7) is 3.90. The van der Waals surface area contributed by atoms with Gasteiger partial charge in [0.15, 0.2) is 5.13 Å². The lowest BCUT2D eigenvalue weighted by Crippen LogP contribution is -2.19. The molecule has 2 rings (SSSR count). The first kappa shape index (κ1) is 16.0. The number of ether oxygens (including phenoxy) is 1. The highest BCUT2D eigenvalue weighted by molar-refractivity contribution is 9.10. The van der Waals surface area contributed by atoms with E-state index < -0.39 is 0 Å². The molecule has 0 aliphatic carbocycles. The molecule has 21 heavy (non-hydrogen) atoms. The third kappa shape index (κ3) is 3.83. The minimum absolute atomic E-state index is 0.00696. The third-order valence-electron chi connectivity index (χ3n) is 3.24. The second-order valence-electron chi connectivity index (χ2n) is 4.69. The number of nitrogens with zero attached hydrogens (tertiary/aromatic N) is 1. The van der Waals surface area contributed by atoms with Gasteiger partial charge in [0.1, 0.15) is 5.75 Å². The van der Waals surface area contributed by atoms with Crippen molar-refractivity contribution >= 4 is 38.3 Å². The second kappa shape index (κ2) is 7.04. The number of thiazole rings is 1. The average molecular weight is 369 g/mol. The highest BCUT2D eigenvalue weighted by Gasteiger charge is 2.13. The van der Waals surface area contributed by atoms with Crippen LogP contribution in [-0.4, -0.2) is 18.0 Å². The van der Waals surface area contributed by atoms with Crippen molar-refractivity contribution in [3.8, 4) is 17.0 Å². The number of methoxy groups -OCH3 is 1. The lowest BCUT2D eigenvalue weighted by Gasteiger charge is -2.07. The Balaban J connectivity index is 2.16. The van der Waals surface area contributed by atoms with Crippen LogP contribution < -0.4 is 10.1 Å². The van der Waals surface area contributed by atoms with Gasteiger partial charge >= 0.3 is 0 Å². The van der Waals surface area contributed by atoms with Crippen molar-refractivity contribution in [3.05, 3.63) is 28.1 Å². The molecule has 1 aromatic carbocycles. The number of hydrogen-bond acceptors (Lipinski definition) is 4. The molecule has 1 amide bonds. The summed E-state index contributed by atoms with van der Waals surface area (Å²) >= 11 is 4.89. The molecule has 0 radical (unpaired) electrons. The van der Waals surface area contributed by atoms with Gasteiger partial charge in [-0.3, -0.25) is 4.79 Å². The predicted octanol–water partition coefficient (Wildman–Crippen LogP) is 4.57. The van der Waals surface area contributed by atoms with E-state index in [9.17, 15) is 4.79 Å². The quantitative estimate of drug-likeness (QED) is 0.840. The highest BCUT2D eigenvalue weighted by Crippen LogP contribution is 2.32. The Kier molecular flexibility index (Phi) is 5.36. The third-order valence-corrected chi connectivity index (χ3v) is 4.62. The summed E-state index contributed by atoms with van der Waals surface area (Å²) in [5.41, 5.74) is 1.81. The van der Waals surface area contributed by atoms with Gasteiger partial charge in [-0.05, 0) is 40.5 Å². The lowest BCUT2D eigenvalue weighted by atomic mass is 10.1. The monoisotopic (exact) mass is 368 g/mol. The van der Waals surface area contributed by atoms with E-state index in [1.807, 2.05) is 37.4 Å². The van der Waals surface area contributed by atoms with Crippen LogP contribution >= 0.6 is 27.3 Å². The van der Waals surface area contributed by atoms with E-state index >= 15 is 0 Å². The zero-order chi connectivity index (χ0) is 15.4. The first-order chi connectivity index (χ1) is 10.0. The second-order valence-corrected chi connectivity index (χ2v) is 6.40. The van der Waals surface area contributed by atoms with Crippen LogP contribution in [0.15, 0.2) is 28.1 Å². The molecule has 0 aliphatic heterocycles. The molecule has 6 heteroatoms. The van der Waals surface area contributed by atoms with Gasteiger partial charge in [0.2, 0.25) is 5.91 Å². The molecule has 0 saturated heterocycles. The Morgan fingerprint density at radius 1 is 1.52 bits per heavy atom. The van der Waals surface area contributed by atoms with Gasteiger partial charge in [0.25, 0.3) is 0 Å². The summed E-state index contributed by atoms with van der Waals surface area (Å²) in [5, 5.41) is 5.41. The SMILES string of the molecule is CC[C@H](C)C(=O)Nc1nc(-c2ccc(OC)c(Br)c2)cs1. The topological polar surface area (TPSA) is 51.2 Å². The van der Waals surface area contributed by atoms with Crippen LogP contribution in [0.1, 0.15) is 20.3 Å². The van der Waals surface area contributed by atoms with Crippen molar-refractivity contribution in [2.75, 3.05) is 12.4 Å². The maximum atomic E-state index is 11.9. The van der Waals surface area contributed by atoms with E-state index in [0.29, 0.717) is 5.13 Å². The van der Waals surface area contributed by atoms with Crippen LogP contribution in [0.2, 0.25) is 0 Å². The predicted molar refractivity (Wildman–Crippen MR) is 89.9 cm³/mol. The molecule has 1 atom stereocenters. The molecule has 0 bridgehead atoms. The molecule has 2 aromatic rings. The molecular formula is C15H17BrN2O2S. The fourth-order valence-electron chi connectivity index (χ4n) is 1.70. The molecule has 1 N–H and O–H groups in total. The smallest absolute Gasteiger partial charge is 0.228 e. The molecule has 0 fully saturated rings. The number of benzene rings is 1. The molecule has 0 aliphatic rings. The zero-order valence-corrected chi connectivity index (χ0v) is 14.5. The number of amides is 1. The van der Waals surface area contributed by atoms with Crippen molar-refractivity contribution in [2.45, 2.75) is 20.3 Å². The fraction of sp³-hybridized carbons (Fsp3) is 0.333. The fourth-order valence-corrected chi connectivity index (χ4v) is 2.97. The summed E-state index contributed by atoms with van der Waals surface area (Å²) < 4.78 is 6.09. The highest BCUT2D eigenvalue weighted by atomic mass is 79.9. The molecule has 1 aromatic heterocycles. The Morgan fingerprint density at radius 3 is 2.90 bits per heavy atom. The van der Waals surface area contributed by atoms with Crippen molar-refractivity contribution < 1.29 is 9.53 Å². The van der Waals surface area contributed by atoms with Crippen LogP contribution in [0.3, 0.4) is 0 Å². The minimum atomic E-state index is -0.00696. The van der Waals surface area contributed by atoms with E-state index in [0.717, 1.165) is 27.9 Å². The molecule has 0 unspecified atom stereocenters. The van der Waals surface area contributed by atoms with Gasteiger partial charge in [-0.25, -0.2) is 4.98 Å². The number of rotatable bonds is 5. The Morgan fingerprint density at radius 2 is 2.29 bits per heavy atom. The number of nitrogens with one attached hydrogen (secondary N) is 1. The molecule has 0 spiro atoms.